The standard InChI is InChI=1S/C21H24N4O4S/c1-5-8-13-16(20(26)29-6-2)17(12-9-7-10-14(27-3)18(12)28-4)25-19(23)15(11-22)30-21(25)24-13/h7,9-10,17H,5-6,8,23H2,1-4H3/t17-/m0/s1. The fourth-order valence-corrected chi connectivity index (χ4v) is 4.45. The van der Waals surface area contributed by atoms with Gasteiger partial charge in [-0.05, 0) is 31.2 Å². The number of allylic oxidation sites excluding steroid dienone is 2. The fraction of sp³-hybridized carbons (Fsp3) is 0.381. The zero-order valence-corrected chi connectivity index (χ0v) is 18.2. The number of amidine groups is 1. The van der Waals surface area contributed by atoms with Gasteiger partial charge in [-0.3, -0.25) is 4.90 Å². The molecule has 0 aliphatic carbocycles. The zero-order valence-electron chi connectivity index (χ0n) is 17.4. The van der Waals surface area contributed by atoms with Crippen LogP contribution in [0.3, 0.4) is 0 Å². The third kappa shape index (κ3) is 3.59. The van der Waals surface area contributed by atoms with Crippen LogP contribution in [0.15, 0.2) is 45.2 Å². The van der Waals surface area contributed by atoms with Gasteiger partial charge in [0.2, 0.25) is 0 Å². The molecule has 30 heavy (non-hydrogen) atoms. The molecule has 2 heterocycles. The van der Waals surface area contributed by atoms with Crippen LogP contribution in [0.2, 0.25) is 0 Å². The van der Waals surface area contributed by atoms with Gasteiger partial charge in [0.25, 0.3) is 0 Å². The number of carbonyl (C=O) groups is 1. The van der Waals surface area contributed by atoms with Crippen LogP contribution >= 0.6 is 11.8 Å². The number of carbonyl (C=O) groups excluding carboxylic acids is 1. The molecule has 0 spiro atoms. The summed E-state index contributed by atoms with van der Waals surface area (Å²) in [5.41, 5.74) is 8.00. The number of esters is 1. The number of nitrogens with zero attached hydrogens (tertiary/aromatic N) is 3. The lowest BCUT2D eigenvalue weighted by molar-refractivity contribution is -0.139. The largest absolute Gasteiger partial charge is 0.493 e. The minimum absolute atomic E-state index is 0.226. The van der Waals surface area contributed by atoms with E-state index >= 15 is 0 Å². The number of para-hydroxylation sites is 1. The maximum atomic E-state index is 13.1. The molecule has 0 saturated heterocycles. The van der Waals surface area contributed by atoms with Crippen LogP contribution in [0.4, 0.5) is 0 Å². The molecule has 2 aliphatic heterocycles. The Labute approximate surface area is 180 Å². The van der Waals surface area contributed by atoms with Gasteiger partial charge in [0.1, 0.15) is 22.8 Å². The Morgan fingerprint density at radius 1 is 1.33 bits per heavy atom. The molecular weight excluding hydrogens is 404 g/mol. The monoisotopic (exact) mass is 428 g/mol. The molecule has 0 aromatic heterocycles. The number of nitriles is 1. The minimum Gasteiger partial charge on any atom is -0.493 e. The lowest BCUT2D eigenvalue weighted by Gasteiger charge is -2.36. The average Bonchev–Trinajstić information content (AvgIpc) is 3.07. The van der Waals surface area contributed by atoms with Gasteiger partial charge in [0, 0.05) is 5.56 Å². The molecule has 1 aromatic carbocycles. The molecule has 0 bridgehead atoms. The molecule has 9 heteroatoms. The maximum Gasteiger partial charge on any atom is 0.338 e. The predicted molar refractivity (Wildman–Crippen MR) is 115 cm³/mol. The highest BCUT2D eigenvalue weighted by Crippen LogP contribution is 2.49. The topological polar surface area (TPSA) is 110 Å². The summed E-state index contributed by atoms with van der Waals surface area (Å²) in [5.74, 6) is 0.775. The van der Waals surface area contributed by atoms with Crippen molar-refractivity contribution in [2.45, 2.75) is 32.7 Å². The first-order valence-corrected chi connectivity index (χ1v) is 10.4. The number of hydrogen-bond acceptors (Lipinski definition) is 9. The summed E-state index contributed by atoms with van der Waals surface area (Å²) in [6.07, 6.45) is 1.37. The number of aliphatic imine (C=N–C) groups is 1. The zero-order chi connectivity index (χ0) is 21.8. The molecule has 2 N–H and O–H groups in total. The molecule has 8 nitrogen and oxygen atoms in total. The van der Waals surface area contributed by atoms with Crippen LogP contribution in [-0.4, -0.2) is 36.9 Å². The maximum absolute atomic E-state index is 13.1. The molecule has 0 fully saturated rings. The third-order valence-corrected chi connectivity index (χ3v) is 5.75. The highest BCUT2D eigenvalue weighted by atomic mass is 32.2. The average molecular weight is 429 g/mol. The number of hydrogen-bond donors (Lipinski definition) is 1. The highest BCUT2D eigenvalue weighted by Gasteiger charge is 2.44. The van der Waals surface area contributed by atoms with Crippen molar-refractivity contribution in [3.8, 4) is 17.6 Å². The van der Waals surface area contributed by atoms with Crippen molar-refractivity contribution in [1.82, 2.24) is 4.90 Å². The minimum atomic E-state index is -0.665. The number of methoxy groups -OCH3 is 2. The summed E-state index contributed by atoms with van der Waals surface area (Å²) in [5, 5.41) is 10.1. The van der Waals surface area contributed by atoms with E-state index in [0.29, 0.717) is 44.8 Å². The van der Waals surface area contributed by atoms with Crippen molar-refractivity contribution in [3.63, 3.8) is 0 Å². The predicted octanol–water partition coefficient (Wildman–Crippen LogP) is 3.43. The second-order valence-electron chi connectivity index (χ2n) is 6.51. The SMILES string of the molecule is CCCC1=C(C(=O)OCC)[C@H](c2cccc(OC)c2OC)N2C(=N1)SC(C#N)=C2N. The summed E-state index contributed by atoms with van der Waals surface area (Å²) in [6, 6.07) is 6.89. The molecule has 0 amide bonds. The molecule has 0 unspecified atom stereocenters. The van der Waals surface area contributed by atoms with Crippen molar-refractivity contribution < 1.29 is 19.0 Å². The Hall–Kier alpha value is -3.12. The molecule has 3 rings (SSSR count). The third-order valence-electron chi connectivity index (χ3n) is 4.78. The van der Waals surface area contributed by atoms with Crippen LogP contribution < -0.4 is 15.2 Å². The van der Waals surface area contributed by atoms with Gasteiger partial charge in [0.15, 0.2) is 16.7 Å². The van der Waals surface area contributed by atoms with Crippen LogP contribution in [0.5, 0.6) is 11.5 Å². The lowest BCUT2D eigenvalue weighted by Crippen LogP contribution is -2.39. The van der Waals surface area contributed by atoms with E-state index in [2.05, 4.69) is 11.1 Å². The normalized spacial score (nSPS) is 18.0. The summed E-state index contributed by atoms with van der Waals surface area (Å²) >= 11 is 1.19. The van der Waals surface area contributed by atoms with Gasteiger partial charge in [-0.2, -0.15) is 5.26 Å². The molecule has 1 atom stereocenters. The van der Waals surface area contributed by atoms with Crippen LogP contribution in [0.1, 0.15) is 38.3 Å². The first kappa shape index (κ1) is 21.6. The molecular formula is C21H24N4O4S. The van der Waals surface area contributed by atoms with E-state index in [-0.39, 0.29) is 12.4 Å². The van der Waals surface area contributed by atoms with Crippen molar-refractivity contribution in [2.75, 3.05) is 20.8 Å². The van der Waals surface area contributed by atoms with Crippen LogP contribution in [0, 0.1) is 11.3 Å². The quantitative estimate of drug-likeness (QED) is 0.658. The summed E-state index contributed by atoms with van der Waals surface area (Å²) in [4.78, 5) is 19.8. The van der Waals surface area contributed by atoms with Gasteiger partial charge < -0.3 is 19.9 Å². The Morgan fingerprint density at radius 3 is 2.70 bits per heavy atom. The fourth-order valence-electron chi connectivity index (χ4n) is 3.56. The number of benzene rings is 1. The van der Waals surface area contributed by atoms with E-state index in [4.69, 9.17) is 19.9 Å². The second-order valence-corrected chi connectivity index (χ2v) is 7.49. The van der Waals surface area contributed by atoms with E-state index in [1.165, 1.54) is 11.8 Å². The summed E-state index contributed by atoms with van der Waals surface area (Å²) in [6.45, 7) is 3.99. The smallest absolute Gasteiger partial charge is 0.338 e. The number of thioether (sulfide) groups is 1. The lowest BCUT2D eigenvalue weighted by atomic mass is 9.92. The first-order chi connectivity index (χ1) is 14.5. The van der Waals surface area contributed by atoms with E-state index in [1.54, 1.807) is 32.1 Å². The second kappa shape index (κ2) is 9.13. The summed E-state index contributed by atoms with van der Waals surface area (Å²) < 4.78 is 16.5. The molecule has 158 valence electrons. The van der Waals surface area contributed by atoms with E-state index in [1.807, 2.05) is 19.1 Å². The Bertz CT molecular complexity index is 993. The molecule has 0 radical (unpaired) electrons. The van der Waals surface area contributed by atoms with Gasteiger partial charge in [-0.25, -0.2) is 9.79 Å². The molecule has 2 aliphatic rings. The van der Waals surface area contributed by atoms with E-state index in [9.17, 15) is 10.1 Å². The van der Waals surface area contributed by atoms with Gasteiger partial charge in [0.05, 0.1) is 32.1 Å². The van der Waals surface area contributed by atoms with Gasteiger partial charge in [-0.15, -0.1) is 0 Å². The van der Waals surface area contributed by atoms with E-state index in [0.717, 1.165) is 6.42 Å². The number of ether oxygens (including phenoxy) is 3. The first-order valence-electron chi connectivity index (χ1n) is 9.58. The highest BCUT2D eigenvalue weighted by molar-refractivity contribution is 8.17. The Morgan fingerprint density at radius 2 is 2.10 bits per heavy atom. The number of nitrogens with two attached hydrogens (primary N) is 1. The number of rotatable bonds is 7. The van der Waals surface area contributed by atoms with E-state index < -0.39 is 12.0 Å². The van der Waals surface area contributed by atoms with Crippen LogP contribution in [-0.2, 0) is 9.53 Å². The van der Waals surface area contributed by atoms with Crippen LogP contribution in [0.25, 0.3) is 0 Å². The van der Waals surface area contributed by atoms with Crippen molar-refractivity contribution in [3.05, 3.63) is 45.8 Å². The molecule has 1 aromatic rings. The van der Waals surface area contributed by atoms with Crippen molar-refractivity contribution in [2.24, 2.45) is 10.7 Å². The Kier molecular flexibility index (Phi) is 6.57. The molecule has 0 saturated carbocycles. The number of fused-ring (bicyclic) bond motifs is 1. The van der Waals surface area contributed by atoms with Gasteiger partial charge >= 0.3 is 5.97 Å². The summed E-state index contributed by atoms with van der Waals surface area (Å²) in [7, 11) is 3.09. The van der Waals surface area contributed by atoms with Crippen molar-refractivity contribution >= 4 is 22.9 Å². The van der Waals surface area contributed by atoms with Crippen molar-refractivity contribution in [1.29, 1.82) is 5.26 Å². The van der Waals surface area contributed by atoms with Gasteiger partial charge in [-0.1, -0.05) is 25.5 Å². The Balaban J connectivity index is 2.31.